The Balaban J connectivity index is 1.51. The number of hydrazone groups is 1. The van der Waals surface area contributed by atoms with E-state index in [0.29, 0.717) is 41.4 Å². The molecule has 0 saturated carbocycles. The summed E-state index contributed by atoms with van der Waals surface area (Å²) in [5, 5.41) is 8.10. The zero-order chi connectivity index (χ0) is 18.4. The van der Waals surface area contributed by atoms with Gasteiger partial charge in [-0.2, -0.15) is 5.10 Å². The molecular formula is C18H18ClN3O3S. The van der Waals surface area contributed by atoms with Crippen molar-refractivity contribution in [2.45, 2.75) is 6.54 Å². The molecule has 26 heavy (non-hydrogen) atoms. The van der Waals surface area contributed by atoms with Crippen LogP contribution in [0.4, 0.5) is 0 Å². The van der Waals surface area contributed by atoms with Gasteiger partial charge in [-0.15, -0.1) is 0 Å². The Labute approximate surface area is 162 Å². The maximum Gasteiger partial charge on any atom is 0.187 e. The number of benzene rings is 2. The van der Waals surface area contributed by atoms with Crippen LogP contribution < -0.4 is 25.0 Å². The first kappa shape index (κ1) is 18.3. The van der Waals surface area contributed by atoms with E-state index in [9.17, 15) is 0 Å². The maximum absolute atomic E-state index is 6.19. The molecule has 0 fully saturated rings. The lowest BCUT2D eigenvalue weighted by atomic mass is 10.2. The standard InChI is InChI=1S/C18H18ClN3O3S/c1-23-14-4-2-12(3-5-14)10-20-18(26)22-21-11-13-8-15(19)17-16(9-13)24-6-7-25-17/h2-5,8-9,11H,6-7,10H2,1H3,(H2,20,22,26)/b21-11-. The third-order valence-electron chi connectivity index (χ3n) is 3.61. The van der Waals surface area contributed by atoms with Crippen LogP contribution in [-0.2, 0) is 6.54 Å². The average molecular weight is 392 g/mol. The van der Waals surface area contributed by atoms with Crippen LogP contribution in [0.5, 0.6) is 17.2 Å². The topological polar surface area (TPSA) is 64.1 Å². The third kappa shape index (κ3) is 4.77. The Bertz CT molecular complexity index is 812. The molecular weight excluding hydrogens is 374 g/mol. The highest BCUT2D eigenvalue weighted by Crippen LogP contribution is 2.37. The van der Waals surface area contributed by atoms with Crippen molar-refractivity contribution in [1.82, 2.24) is 10.7 Å². The molecule has 0 spiro atoms. The van der Waals surface area contributed by atoms with E-state index < -0.39 is 0 Å². The van der Waals surface area contributed by atoms with Crippen molar-refractivity contribution >= 4 is 35.1 Å². The highest BCUT2D eigenvalue weighted by Gasteiger charge is 2.16. The average Bonchev–Trinajstić information content (AvgIpc) is 2.67. The van der Waals surface area contributed by atoms with Crippen LogP contribution in [0.2, 0.25) is 5.02 Å². The van der Waals surface area contributed by atoms with Crippen molar-refractivity contribution in [3.8, 4) is 17.2 Å². The summed E-state index contributed by atoms with van der Waals surface area (Å²) in [5.41, 5.74) is 4.64. The fraction of sp³-hybridized carbons (Fsp3) is 0.222. The molecule has 2 aromatic carbocycles. The summed E-state index contributed by atoms with van der Waals surface area (Å²) < 4.78 is 16.2. The van der Waals surface area contributed by atoms with Crippen molar-refractivity contribution in [2.24, 2.45) is 5.10 Å². The predicted molar refractivity (Wildman–Crippen MR) is 106 cm³/mol. The van der Waals surface area contributed by atoms with E-state index in [2.05, 4.69) is 15.8 Å². The summed E-state index contributed by atoms with van der Waals surface area (Å²) >= 11 is 11.4. The number of hydrogen-bond donors (Lipinski definition) is 2. The highest BCUT2D eigenvalue weighted by atomic mass is 35.5. The molecule has 0 aliphatic carbocycles. The van der Waals surface area contributed by atoms with Gasteiger partial charge in [-0.3, -0.25) is 5.43 Å². The summed E-state index contributed by atoms with van der Waals surface area (Å²) in [6.45, 7) is 1.58. The number of nitrogens with one attached hydrogen (secondary N) is 2. The van der Waals surface area contributed by atoms with E-state index in [-0.39, 0.29) is 0 Å². The Morgan fingerprint density at radius 1 is 1.27 bits per heavy atom. The van der Waals surface area contributed by atoms with Crippen LogP contribution in [0.1, 0.15) is 11.1 Å². The molecule has 8 heteroatoms. The summed E-state index contributed by atoms with van der Waals surface area (Å²) in [6.07, 6.45) is 1.62. The first-order valence-corrected chi connectivity index (χ1v) is 8.73. The molecule has 0 unspecified atom stereocenters. The first-order chi connectivity index (χ1) is 12.7. The van der Waals surface area contributed by atoms with Gasteiger partial charge < -0.3 is 19.5 Å². The van der Waals surface area contributed by atoms with Crippen LogP contribution in [0.15, 0.2) is 41.5 Å². The second kappa shape index (κ2) is 8.73. The molecule has 0 bridgehead atoms. The van der Waals surface area contributed by atoms with Gasteiger partial charge in [0.1, 0.15) is 19.0 Å². The van der Waals surface area contributed by atoms with Gasteiger partial charge in [0, 0.05) is 6.54 Å². The summed E-state index contributed by atoms with van der Waals surface area (Å²) in [7, 11) is 1.64. The number of ether oxygens (including phenoxy) is 3. The Hall–Kier alpha value is -2.51. The molecule has 1 aliphatic rings. The SMILES string of the molecule is COc1ccc(CNC(=S)N/N=C\c2cc(Cl)c3c(c2)OCCO3)cc1. The van der Waals surface area contributed by atoms with Gasteiger partial charge >= 0.3 is 0 Å². The molecule has 0 saturated heterocycles. The number of halogens is 1. The van der Waals surface area contributed by atoms with Crippen LogP contribution in [0.25, 0.3) is 0 Å². The number of methoxy groups -OCH3 is 1. The number of fused-ring (bicyclic) bond motifs is 1. The minimum Gasteiger partial charge on any atom is -0.497 e. The summed E-state index contributed by atoms with van der Waals surface area (Å²) in [6, 6.07) is 11.3. The molecule has 0 amide bonds. The largest absolute Gasteiger partial charge is 0.497 e. The summed E-state index contributed by atoms with van der Waals surface area (Å²) in [5.74, 6) is 2.00. The lowest BCUT2D eigenvalue weighted by Gasteiger charge is -2.19. The van der Waals surface area contributed by atoms with E-state index in [1.54, 1.807) is 19.4 Å². The van der Waals surface area contributed by atoms with Crippen molar-refractivity contribution in [3.05, 3.63) is 52.5 Å². The normalized spacial score (nSPS) is 12.7. The molecule has 0 radical (unpaired) electrons. The number of nitrogens with zero attached hydrogens (tertiary/aromatic N) is 1. The van der Waals surface area contributed by atoms with E-state index in [4.69, 9.17) is 38.0 Å². The van der Waals surface area contributed by atoms with Gasteiger partial charge in [0.25, 0.3) is 0 Å². The van der Waals surface area contributed by atoms with Crippen LogP contribution >= 0.6 is 23.8 Å². The molecule has 0 atom stereocenters. The van der Waals surface area contributed by atoms with E-state index in [1.807, 2.05) is 30.3 Å². The number of hydrogen-bond acceptors (Lipinski definition) is 5. The molecule has 6 nitrogen and oxygen atoms in total. The Kier molecular flexibility index (Phi) is 6.14. The van der Waals surface area contributed by atoms with Crippen molar-refractivity contribution in [1.29, 1.82) is 0 Å². The first-order valence-electron chi connectivity index (χ1n) is 7.94. The zero-order valence-corrected chi connectivity index (χ0v) is 15.7. The molecule has 0 aromatic heterocycles. The molecule has 2 N–H and O–H groups in total. The van der Waals surface area contributed by atoms with Crippen molar-refractivity contribution in [2.75, 3.05) is 20.3 Å². The van der Waals surface area contributed by atoms with Gasteiger partial charge in [0.2, 0.25) is 0 Å². The van der Waals surface area contributed by atoms with Gasteiger partial charge in [-0.1, -0.05) is 23.7 Å². The highest BCUT2D eigenvalue weighted by molar-refractivity contribution is 7.80. The van der Waals surface area contributed by atoms with Gasteiger partial charge in [0.05, 0.1) is 18.3 Å². The van der Waals surface area contributed by atoms with Crippen LogP contribution in [0, 0.1) is 0 Å². The Morgan fingerprint density at radius 2 is 2.04 bits per heavy atom. The van der Waals surface area contributed by atoms with Gasteiger partial charge in [-0.25, -0.2) is 0 Å². The lowest BCUT2D eigenvalue weighted by Crippen LogP contribution is -2.31. The molecule has 1 aliphatic heterocycles. The number of rotatable bonds is 5. The second-order valence-electron chi connectivity index (χ2n) is 5.43. The smallest absolute Gasteiger partial charge is 0.187 e. The Morgan fingerprint density at radius 3 is 2.81 bits per heavy atom. The van der Waals surface area contributed by atoms with E-state index in [0.717, 1.165) is 16.9 Å². The van der Waals surface area contributed by atoms with Crippen molar-refractivity contribution in [3.63, 3.8) is 0 Å². The molecule has 136 valence electrons. The zero-order valence-electron chi connectivity index (χ0n) is 14.1. The predicted octanol–water partition coefficient (Wildman–Crippen LogP) is 3.12. The van der Waals surface area contributed by atoms with Gasteiger partial charge in [0.15, 0.2) is 16.6 Å². The lowest BCUT2D eigenvalue weighted by molar-refractivity contribution is 0.171. The minimum atomic E-state index is 0.417. The fourth-order valence-electron chi connectivity index (χ4n) is 2.34. The third-order valence-corrected chi connectivity index (χ3v) is 4.13. The molecule has 1 heterocycles. The quantitative estimate of drug-likeness (QED) is 0.464. The molecule has 3 rings (SSSR count). The van der Waals surface area contributed by atoms with E-state index >= 15 is 0 Å². The van der Waals surface area contributed by atoms with Gasteiger partial charge in [-0.05, 0) is 47.6 Å². The van der Waals surface area contributed by atoms with Crippen LogP contribution in [-0.4, -0.2) is 31.7 Å². The van der Waals surface area contributed by atoms with Crippen LogP contribution in [0.3, 0.4) is 0 Å². The monoisotopic (exact) mass is 391 g/mol. The number of thiocarbonyl (C=S) groups is 1. The second-order valence-corrected chi connectivity index (χ2v) is 6.24. The minimum absolute atomic E-state index is 0.417. The fourth-order valence-corrected chi connectivity index (χ4v) is 2.73. The molecule has 2 aromatic rings. The summed E-state index contributed by atoms with van der Waals surface area (Å²) in [4.78, 5) is 0. The maximum atomic E-state index is 6.19. The van der Waals surface area contributed by atoms with Crippen molar-refractivity contribution < 1.29 is 14.2 Å². The van der Waals surface area contributed by atoms with E-state index in [1.165, 1.54) is 0 Å².